The van der Waals surface area contributed by atoms with E-state index in [0.717, 1.165) is 50.1 Å². The monoisotopic (exact) mass is 590 g/mol. The average molecular weight is 591 g/mol. The van der Waals surface area contributed by atoms with E-state index in [1.54, 1.807) is 0 Å². The highest BCUT2D eigenvalue weighted by Gasteiger charge is 2.39. The quantitative estimate of drug-likeness (QED) is 0.0983. The van der Waals surface area contributed by atoms with E-state index >= 15 is 0 Å². The Morgan fingerprint density at radius 2 is 1.37 bits per heavy atom. The number of nitrogens with one attached hydrogen (secondary N) is 2. The summed E-state index contributed by atoms with van der Waals surface area (Å²) in [6.45, 7) is 4.89. The number of carbonyl (C=O) groups is 1. The number of carboxylic acid groups (broad SMARTS) is 1. The lowest BCUT2D eigenvalue weighted by Gasteiger charge is -2.25. The van der Waals surface area contributed by atoms with E-state index < -0.39 is 24.2 Å². The van der Waals surface area contributed by atoms with Crippen LogP contribution < -0.4 is 15.4 Å². The minimum Gasteiger partial charge on any atom is -0.494 e. The Labute approximate surface area is 245 Å². The summed E-state index contributed by atoms with van der Waals surface area (Å²) in [4.78, 5) is 10.3. The first-order valence-electron chi connectivity index (χ1n) is 15.8. The van der Waals surface area contributed by atoms with Crippen LogP contribution in [0.4, 0.5) is 23.2 Å². The lowest BCUT2D eigenvalue weighted by molar-refractivity contribution is -0.152. The van der Waals surface area contributed by atoms with Crippen LogP contribution in [0, 0.1) is 0 Å². The molecular weight excluding hydrogens is 536 g/mol. The standard InChI is InChI=1S/C26H44F3NO.C6H10FNO2/c1-2-3-4-5-6-9-12-15-22-30-24-17-19-25(20-18-24)31-23-16-13-10-7-8-11-14-21-26(27,28)29;7-6(5(9)10)1-3-8-4-2-6/h17-20,30H,2-16,21-23H2,1H3;8H,1-4H2,(H,9,10). The van der Waals surface area contributed by atoms with Gasteiger partial charge in [-0.3, -0.25) is 0 Å². The molecule has 41 heavy (non-hydrogen) atoms. The molecule has 5 nitrogen and oxygen atoms in total. The lowest BCUT2D eigenvalue weighted by Crippen LogP contribution is -2.44. The molecule has 1 aliphatic rings. The number of hydrogen-bond donors (Lipinski definition) is 3. The number of unbranched alkanes of at least 4 members (excludes halogenated alkanes) is 13. The zero-order valence-corrected chi connectivity index (χ0v) is 25.1. The van der Waals surface area contributed by atoms with Crippen molar-refractivity contribution in [3.8, 4) is 5.75 Å². The number of aliphatic carboxylic acids is 1. The van der Waals surface area contributed by atoms with E-state index in [1.165, 1.54) is 51.4 Å². The molecule has 0 bridgehead atoms. The molecule has 1 fully saturated rings. The summed E-state index contributed by atoms with van der Waals surface area (Å²) >= 11 is 0. The molecule has 0 unspecified atom stereocenters. The molecule has 2 rings (SSSR count). The predicted molar refractivity (Wildman–Crippen MR) is 160 cm³/mol. The van der Waals surface area contributed by atoms with Gasteiger partial charge in [-0.1, -0.05) is 84.0 Å². The molecule has 1 aromatic rings. The third-order valence-electron chi connectivity index (χ3n) is 7.37. The molecule has 1 heterocycles. The van der Waals surface area contributed by atoms with Crippen LogP contribution in [0.5, 0.6) is 5.75 Å². The third-order valence-corrected chi connectivity index (χ3v) is 7.37. The second-order valence-corrected chi connectivity index (χ2v) is 11.1. The summed E-state index contributed by atoms with van der Waals surface area (Å²) in [5, 5.41) is 14.8. The third kappa shape index (κ3) is 20.5. The molecule has 0 aliphatic carbocycles. The minimum atomic E-state index is -4.00. The first kappa shape index (κ1) is 37.0. The van der Waals surface area contributed by atoms with Gasteiger partial charge < -0.3 is 20.5 Å². The predicted octanol–water partition coefficient (Wildman–Crippen LogP) is 9.46. The molecule has 3 N–H and O–H groups in total. The zero-order valence-electron chi connectivity index (χ0n) is 25.1. The molecular formula is C32H54F4N2O3. The van der Waals surface area contributed by atoms with Crippen LogP contribution in [-0.4, -0.2) is 49.2 Å². The second-order valence-electron chi connectivity index (χ2n) is 11.1. The van der Waals surface area contributed by atoms with Crippen molar-refractivity contribution in [2.45, 2.75) is 134 Å². The number of benzene rings is 1. The highest BCUT2D eigenvalue weighted by atomic mass is 19.4. The molecule has 0 atom stereocenters. The van der Waals surface area contributed by atoms with Crippen LogP contribution in [-0.2, 0) is 4.79 Å². The van der Waals surface area contributed by atoms with Crippen molar-refractivity contribution < 1.29 is 32.2 Å². The van der Waals surface area contributed by atoms with Gasteiger partial charge in [-0.05, 0) is 56.6 Å². The van der Waals surface area contributed by atoms with Gasteiger partial charge in [0.2, 0.25) is 5.67 Å². The van der Waals surface area contributed by atoms with Crippen LogP contribution in [0.15, 0.2) is 24.3 Å². The molecule has 0 radical (unpaired) electrons. The molecule has 238 valence electrons. The van der Waals surface area contributed by atoms with E-state index in [2.05, 4.69) is 29.7 Å². The molecule has 0 amide bonds. The molecule has 0 aromatic heterocycles. The Kier molecular flexibility index (Phi) is 20.4. The molecule has 9 heteroatoms. The van der Waals surface area contributed by atoms with Crippen LogP contribution >= 0.6 is 0 Å². The highest BCUT2D eigenvalue weighted by Crippen LogP contribution is 2.24. The van der Waals surface area contributed by atoms with E-state index in [0.29, 0.717) is 26.1 Å². The topological polar surface area (TPSA) is 70.6 Å². The van der Waals surface area contributed by atoms with Gasteiger partial charge in [0.25, 0.3) is 0 Å². The summed E-state index contributed by atoms with van der Waals surface area (Å²) < 4.78 is 55.0. The van der Waals surface area contributed by atoms with Gasteiger partial charge in [0.1, 0.15) is 5.75 Å². The van der Waals surface area contributed by atoms with Gasteiger partial charge in [-0.25, -0.2) is 9.18 Å². The normalized spacial score (nSPS) is 14.7. The maximum Gasteiger partial charge on any atom is 0.389 e. The summed E-state index contributed by atoms with van der Waals surface area (Å²) in [5.41, 5.74) is -0.827. The molecule has 1 saturated heterocycles. The van der Waals surface area contributed by atoms with E-state index in [9.17, 15) is 22.4 Å². The van der Waals surface area contributed by atoms with Crippen molar-refractivity contribution in [3.63, 3.8) is 0 Å². The smallest absolute Gasteiger partial charge is 0.389 e. The van der Waals surface area contributed by atoms with Crippen molar-refractivity contribution in [3.05, 3.63) is 24.3 Å². The molecule has 0 spiro atoms. The van der Waals surface area contributed by atoms with Crippen LogP contribution in [0.2, 0.25) is 0 Å². The number of carboxylic acids is 1. The number of halogens is 4. The number of hydrogen-bond acceptors (Lipinski definition) is 4. The molecule has 1 aromatic carbocycles. The van der Waals surface area contributed by atoms with E-state index in [1.807, 2.05) is 12.1 Å². The molecule has 1 aliphatic heterocycles. The second kappa shape index (κ2) is 22.6. The Balaban J connectivity index is 0.000000702. The number of piperidine rings is 1. The number of rotatable bonds is 21. The van der Waals surface area contributed by atoms with Gasteiger partial charge in [-0.15, -0.1) is 0 Å². The summed E-state index contributed by atoms with van der Waals surface area (Å²) in [6, 6.07) is 8.16. The largest absolute Gasteiger partial charge is 0.494 e. The summed E-state index contributed by atoms with van der Waals surface area (Å²) in [5.74, 6) is -0.432. The number of anilines is 1. The first-order valence-corrected chi connectivity index (χ1v) is 15.8. The average Bonchev–Trinajstić information content (AvgIpc) is 2.94. The number of ether oxygens (including phenoxy) is 1. The van der Waals surface area contributed by atoms with Crippen LogP contribution in [0.25, 0.3) is 0 Å². The SMILES string of the molecule is CCCCCCCCCCNc1ccc(OCCCCCCCCCC(F)(F)F)cc1.O=C(O)C1(F)CCNCC1. The van der Waals surface area contributed by atoms with Gasteiger partial charge in [0, 0.05) is 31.5 Å². The van der Waals surface area contributed by atoms with Gasteiger partial charge in [0.15, 0.2) is 0 Å². The van der Waals surface area contributed by atoms with Crippen LogP contribution in [0.1, 0.15) is 122 Å². The van der Waals surface area contributed by atoms with Gasteiger partial charge >= 0.3 is 12.1 Å². The first-order chi connectivity index (χ1) is 19.7. The Morgan fingerprint density at radius 3 is 1.88 bits per heavy atom. The Morgan fingerprint density at radius 1 is 0.854 bits per heavy atom. The fraction of sp³-hybridized carbons (Fsp3) is 0.781. The fourth-order valence-corrected chi connectivity index (χ4v) is 4.70. The zero-order chi connectivity index (χ0) is 30.2. The molecule has 0 saturated carbocycles. The van der Waals surface area contributed by atoms with Crippen molar-refractivity contribution in [1.29, 1.82) is 0 Å². The van der Waals surface area contributed by atoms with E-state index in [-0.39, 0.29) is 19.3 Å². The summed E-state index contributed by atoms with van der Waals surface area (Å²) in [7, 11) is 0. The highest BCUT2D eigenvalue weighted by molar-refractivity contribution is 5.77. The van der Waals surface area contributed by atoms with E-state index in [4.69, 9.17) is 9.84 Å². The van der Waals surface area contributed by atoms with Crippen molar-refractivity contribution in [2.75, 3.05) is 31.6 Å². The maximum absolute atomic E-state index is 13.1. The van der Waals surface area contributed by atoms with Crippen molar-refractivity contribution in [2.24, 2.45) is 0 Å². The lowest BCUT2D eigenvalue weighted by atomic mass is 9.95. The Hall–Kier alpha value is -2.03. The maximum atomic E-state index is 13.1. The fourth-order valence-electron chi connectivity index (χ4n) is 4.70. The van der Waals surface area contributed by atoms with Gasteiger partial charge in [-0.2, -0.15) is 13.2 Å². The summed E-state index contributed by atoms with van der Waals surface area (Å²) in [6.07, 6.45) is 12.2. The van der Waals surface area contributed by atoms with Crippen LogP contribution in [0.3, 0.4) is 0 Å². The van der Waals surface area contributed by atoms with Gasteiger partial charge in [0.05, 0.1) is 6.61 Å². The minimum absolute atomic E-state index is 0.0856. The Bertz CT molecular complexity index is 769. The number of alkyl halides is 4. The van der Waals surface area contributed by atoms with Crippen molar-refractivity contribution in [1.82, 2.24) is 5.32 Å². The van der Waals surface area contributed by atoms with Crippen molar-refractivity contribution >= 4 is 11.7 Å².